The fourth-order valence-corrected chi connectivity index (χ4v) is 3.75. The molecule has 2 radical (unpaired) electrons. The van der Waals surface area contributed by atoms with Gasteiger partial charge in [-0.2, -0.15) is 0 Å². The van der Waals surface area contributed by atoms with Crippen LogP contribution in [0.5, 0.6) is 0 Å². The standard InChI is InChI=1S/C21H40O3Si/c1-3-4-5-6-7-8-9-10-11-12-13-14-15-16-17-18-20(23)25-21(24)19(2)22/h19,22H,3-18H2,1-2H3. The molecule has 0 amide bonds. The second kappa shape index (κ2) is 18.3. The number of aliphatic hydroxyl groups excluding tert-OH is 1. The van der Waals surface area contributed by atoms with E-state index in [0.29, 0.717) is 6.42 Å². The zero-order chi connectivity index (χ0) is 18.8. The summed E-state index contributed by atoms with van der Waals surface area (Å²) in [5.41, 5.74) is 0. The molecule has 0 saturated carbocycles. The highest BCUT2D eigenvalue weighted by molar-refractivity contribution is 6.97. The van der Waals surface area contributed by atoms with Crippen LogP contribution >= 0.6 is 0 Å². The van der Waals surface area contributed by atoms with Gasteiger partial charge in [-0.25, -0.2) is 0 Å². The molecule has 0 aliphatic carbocycles. The van der Waals surface area contributed by atoms with Gasteiger partial charge < -0.3 is 14.7 Å². The monoisotopic (exact) mass is 368 g/mol. The molecule has 0 aromatic rings. The molecule has 1 unspecified atom stereocenters. The Morgan fingerprint density at radius 1 is 0.720 bits per heavy atom. The SMILES string of the molecule is CCCCCCCCCCCCCCCCCC(=O)[Si]C(=O)C(C)O. The van der Waals surface area contributed by atoms with Gasteiger partial charge in [-0.1, -0.05) is 96.8 Å². The van der Waals surface area contributed by atoms with E-state index >= 15 is 0 Å². The summed E-state index contributed by atoms with van der Waals surface area (Å²) in [5.74, 6) is 0. The lowest BCUT2D eigenvalue weighted by Crippen LogP contribution is -2.28. The van der Waals surface area contributed by atoms with Gasteiger partial charge in [0.2, 0.25) is 9.52 Å². The molecule has 3 nitrogen and oxygen atoms in total. The third-order valence-corrected chi connectivity index (χ3v) is 5.84. The van der Waals surface area contributed by atoms with Gasteiger partial charge in [-0.15, -0.1) is 0 Å². The molecule has 0 aliphatic rings. The predicted octanol–water partition coefficient (Wildman–Crippen LogP) is 5.39. The number of rotatable bonds is 19. The number of hydrogen-bond acceptors (Lipinski definition) is 3. The van der Waals surface area contributed by atoms with E-state index in [9.17, 15) is 9.59 Å². The summed E-state index contributed by atoms with van der Waals surface area (Å²) < 4.78 is 0. The molecule has 1 atom stereocenters. The number of unbranched alkanes of at least 4 members (excludes halogenated alkanes) is 14. The fourth-order valence-electron chi connectivity index (χ4n) is 2.96. The summed E-state index contributed by atoms with van der Waals surface area (Å²) in [5, 5.41) is 8.75. The van der Waals surface area contributed by atoms with E-state index in [0.717, 1.165) is 12.8 Å². The topological polar surface area (TPSA) is 54.4 Å². The largest absolute Gasteiger partial charge is 0.386 e. The maximum atomic E-state index is 11.6. The summed E-state index contributed by atoms with van der Waals surface area (Å²) in [6.45, 7) is 3.69. The molecule has 0 spiro atoms. The summed E-state index contributed by atoms with van der Waals surface area (Å²) in [6.07, 6.45) is 19.1. The molecule has 0 fully saturated rings. The van der Waals surface area contributed by atoms with Crippen LogP contribution in [0.2, 0.25) is 0 Å². The zero-order valence-corrected chi connectivity index (χ0v) is 17.7. The van der Waals surface area contributed by atoms with Crippen molar-refractivity contribution in [3.05, 3.63) is 0 Å². The smallest absolute Gasteiger partial charge is 0.226 e. The van der Waals surface area contributed by atoms with E-state index in [4.69, 9.17) is 5.11 Å². The lowest BCUT2D eigenvalue weighted by molar-refractivity contribution is -0.120. The van der Waals surface area contributed by atoms with Crippen LogP contribution < -0.4 is 0 Å². The van der Waals surface area contributed by atoms with Crippen molar-refractivity contribution in [1.29, 1.82) is 0 Å². The maximum absolute atomic E-state index is 11.6. The van der Waals surface area contributed by atoms with Gasteiger partial charge in [-0.3, -0.25) is 0 Å². The Morgan fingerprint density at radius 3 is 1.44 bits per heavy atom. The van der Waals surface area contributed by atoms with Gasteiger partial charge in [0.15, 0.2) is 0 Å². The molecule has 0 rings (SSSR count). The van der Waals surface area contributed by atoms with E-state index in [2.05, 4.69) is 6.92 Å². The summed E-state index contributed by atoms with van der Waals surface area (Å²) >= 11 is 0. The van der Waals surface area contributed by atoms with E-state index in [1.54, 1.807) is 0 Å². The second-order valence-corrected chi connectivity index (χ2v) is 8.59. The lowest BCUT2D eigenvalue weighted by Gasteiger charge is -2.04. The quantitative estimate of drug-likeness (QED) is 0.246. The average Bonchev–Trinajstić information content (AvgIpc) is 2.58. The van der Waals surface area contributed by atoms with Gasteiger partial charge >= 0.3 is 0 Å². The molecule has 25 heavy (non-hydrogen) atoms. The Bertz CT molecular complexity index is 329. The van der Waals surface area contributed by atoms with E-state index < -0.39 is 6.10 Å². The Morgan fingerprint density at radius 2 is 1.08 bits per heavy atom. The van der Waals surface area contributed by atoms with Gasteiger partial charge in [0.25, 0.3) is 0 Å². The van der Waals surface area contributed by atoms with Crippen LogP contribution in [0.4, 0.5) is 0 Å². The van der Waals surface area contributed by atoms with Crippen LogP contribution in [-0.4, -0.2) is 31.5 Å². The highest BCUT2D eigenvalue weighted by Gasteiger charge is 2.15. The van der Waals surface area contributed by atoms with Gasteiger partial charge in [0, 0.05) is 6.42 Å². The number of carbonyl (C=O) groups is 2. The first-order valence-corrected chi connectivity index (χ1v) is 11.6. The van der Waals surface area contributed by atoms with Gasteiger partial charge in [-0.05, 0) is 13.3 Å². The molecule has 0 aliphatic heterocycles. The summed E-state index contributed by atoms with van der Waals surface area (Å²) in [7, 11) is -0.357. The first-order valence-electron chi connectivity index (χ1n) is 10.6. The maximum Gasteiger partial charge on any atom is 0.226 e. The average molecular weight is 369 g/mol. The first kappa shape index (κ1) is 24.5. The van der Waals surface area contributed by atoms with Crippen molar-refractivity contribution >= 4 is 20.3 Å². The molecule has 1 N–H and O–H groups in total. The Labute approximate surface area is 158 Å². The first-order chi connectivity index (χ1) is 12.1. The number of hydrogen-bond donors (Lipinski definition) is 1. The van der Waals surface area contributed by atoms with Crippen LogP contribution in [0.1, 0.15) is 117 Å². The summed E-state index contributed by atoms with van der Waals surface area (Å²) in [4.78, 5) is 22.8. The third-order valence-electron chi connectivity index (χ3n) is 4.65. The van der Waals surface area contributed by atoms with Gasteiger partial charge in [0.05, 0.1) is 0 Å². The molecule has 146 valence electrons. The normalized spacial score (nSPS) is 12.3. The molecular weight excluding hydrogens is 328 g/mol. The molecule has 0 saturated heterocycles. The minimum Gasteiger partial charge on any atom is -0.386 e. The van der Waals surface area contributed by atoms with Crippen molar-refractivity contribution in [3.8, 4) is 0 Å². The minimum absolute atomic E-state index is 0.000550. The molecule has 4 heteroatoms. The van der Waals surface area contributed by atoms with Crippen molar-refractivity contribution in [2.45, 2.75) is 123 Å². The molecule has 0 aromatic carbocycles. The van der Waals surface area contributed by atoms with Crippen LogP contribution in [0.25, 0.3) is 0 Å². The van der Waals surface area contributed by atoms with E-state index in [1.165, 1.54) is 90.4 Å². The predicted molar refractivity (Wildman–Crippen MR) is 107 cm³/mol. The van der Waals surface area contributed by atoms with Crippen molar-refractivity contribution in [2.24, 2.45) is 0 Å². The van der Waals surface area contributed by atoms with Crippen LogP contribution in [0.15, 0.2) is 0 Å². The van der Waals surface area contributed by atoms with Crippen molar-refractivity contribution in [3.63, 3.8) is 0 Å². The third kappa shape index (κ3) is 18.1. The Hall–Kier alpha value is -0.483. The van der Waals surface area contributed by atoms with E-state index in [1.807, 2.05) is 0 Å². The molecular formula is C21H40O3Si. The van der Waals surface area contributed by atoms with Crippen molar-refractivity contribution in [1.82, 2.24) is 0 Å². The fraction of sp³-hybridized carbons (Fsp3) is 0.905. The van der Waals surface area contributed by atoms with Crippen molar-refractivity contribution in [2.75, 3.05) is 0 Å². The number of carbonyl (C=O) groups excluding carboxylic acids is 2. The van der Waals surface area contributed by atoms with Crippen LogP contribution in [-0.2, 0) is 9.59 Å². The molecule has 0 bridgehead atoms. The van der Waals surface area contributed by atoms with Crippen LogP contribution in [0, 0.1) is 0 Å². The molecule has 0 heterocycles. The zero-order valence-electron chi connectivity index (χ0n) is 16.7. The Balaban J connectivity index is 3.19. The van der Waals surface area contributed by atoms with Gasteiger partial charge in [0.1, 0.15) is 16.9 Å². The number of aliphatic hydroxyl groups is 1. The van der Waals surface area contributed by atoms with Crippen molar-refractivity contribution < 1.29 is 14.7 Å². The lowest BCUT2D eigenvalue weighted by atomic mass is 10.0. The summed E-state index contributed by atoms with van der Waals surface area (Å²) in [6, 6.07) is 0. The highest BCUT2D eigenvalue weighted by Crippen LogP contribution is 2.13. The highest BCUT2D eigenvalue weighted by atomic mass is 28.2. The minimum atomic E-state index is -0.997. The molecule has 0 aromatic heterocycles. The second-order valence-electron chi connectivity index (χ2n) is 7.29. The van der Waals surface area contributed by atoms with Crippen LogP contribution in [0.3, 0.4) is 0 Å². The Kier molecular flexibility index (Phi) is 18.0. The van der Waals surface area contributed by atoms with E-state index in [-0.39, 0.29) is 20.3 Å².